The second-order valence-electron chi connectivity index (χ2n) is 5.55. The Bertz CT molecular complexity index is 273. The van der Waals surface area contributed by atoms with Gasteiger partial charge in [0.1, 0.15) is 0 Å². The Morgan fingerprint density at radius 3 is 2.44 bits per heavy atom. The first kappa shape index (κ1) is 13.5. The lowest BCUT2D eigenvalue weighted by molar-refractivity contribution is 0.123. The maximum absolute atomic E-state index is 10.2. The Morgan fingerprint density at radius 2 is 1.81 bits per heavy atom. The van der Waals surface area contributed by atoms with Gasteiger partial charge < -0.3 is 5.11 Å². The molecule has 1 aliphatic rings. The van der Waals surface area contributed by atoms with Crippen molar-refractivity contribution in [1.29, 1.82) is 0 Å². The minimum absolute atomic E-state index is 0.276. The second kappa shape index (κ2) is 6.24. The van der Waals surface area contributed by atoms with E-state index in [1.165, 1.54) is 24.0 Å². The maximum atomic E-state index is 10.2. The number of hydrogen-bond acceptors (Lipinski definition) is 1. The van der Waals surface area contributed by atoms with Crippen LogP contribution in [0.25, 0.3) is 0 Å². The molecule has 1 N–H and O–H groups in total. The van der Waals surface area contributed by atoms with Crippen molar-refractivity contribution in [3.63, 3.8) is 0 Å². The molecule has 0 amide bonds. The minimum Gasteiger partial charge on any atom is -0.389 e. The van der Waals surface area contributed by atoms with E-state index < -0.39 is 0 Å². The standard InChI is InChI=1S/C15H26O/c1-11(2)14-9-8-12(3)6-5-7-13(4)10-15(14)16/h8,10-11,14-16H,5-7,9H2,1-4H3. The Balaban J connectivity index is 2.82. The molecule has 0 spiro atoms. The molecule has 1 aliphatic carbocycles. The Kier molecular flexibility index (Phi) is 5.27. The minimum atomic E-state index is -0.276. The maximum Gasteiger partial charge on any atom is 0.0756 e. The summed E-state index contributed by atoms with van der Waals surface area (Å²) in [6.07, 6.45) is 8.65. The molecule has 92 valence electrons. The fourth-order valence-corrected chi connectivity index (χ4v) is 2.39. The third kappa shape index (κ3) is 4.13. The Hall–Kier alpha value is -0.560. The molecule has 1 rings (SSSR count). The molecule has 0 aromatic rings. The molecule has 0 saturated heterocycles. The Labute approximate surface area is 100 Å². The van der Waals surface area contributed by atoms with Crippen LogP contribution < -0.4 is 0 Å². The van der Waals surface area contributed by atoms with Crippen molar-refractivity contribution in [2.24, 2.45) is 11.8 Å². The lowest BCUT2D eigenvalue weighted by Gasteiger charge is -2.25. The van der Waals surface area contributed by atoms with Crippen LogP contribution in [0.5, 0.6) is 0 Å². The monoisotopic (exact) mass is 222 g/mol. The van der Waals surface area contributed by atoms with Gasteiger partial charge in [0.05, 0.1) is 6.10 Å². The molecule has 0 aromatic carbocycles. The zero-order valence-corrected chi connectivity index (χ0v) is 11.2. The highest BCUT2D eigenvalue weighted by atomic mass is 16.3. The van der Waals surface area contributed by atoms with Crippen molar-refractivity contribution in [1.82, 2.24) is 0 Å². The summed E-state index contributed by atoms with van der Waals surface area (Å²) < 4.78 is 0. The molecule has 2 unspecified atom stereocenters. The normalized spacial score (nSPS) is 28.6. The summed E-state index contributed by atoms with van der Waals surface area (Å²) >= 11 is 0. The van der Waals surface area contributed by atoms with Gasteiger partial charge in [-0.05, 0) is 51.4 Å². The lowest BCUT2D eigenvalue weighted by atomic mass is 9.84. The third-order valence-corrected chi connectivity index (χ3v) is 3.63. The van der Waals surface area contributed by atoms with Crippen LogP contribution in [0.15, 0.2) is 23.3 Å². The van der Waals surface area contributed by atoms with Crippen molar-refractivity contribution in [2.45, 2.75) is 59.5 Å². The molecule has 2 atom stereocenters. The molecule has 0 radical (unpaired) electrons. The average molecular weight is 222 g/mol. The first-order valence-corrected chi connectivity index (χ1v) is 6.51. The zero-order chi connectivity index (χ0) is 12.1. The lowest BCUT2D eigenvalue weighted by Crippen LogP contribution is -2.23. The highest BCUT2D eigenvalue weighted by Gasteiger charge is 2.20. The summed E-state index contributed by atoms with van der Waals surface area (Å²) in [7, 11) is 0. The number of aliphatic hydroxyl groups excluding tert-OH is 1. The molecular weight excluding hydrogens is 196 g/mol. The van der Waals surface area contributed by atoms with Crippen molar-refractivity contribution in [2.75, 3.05) is 0 Å². The molecule has 0 aliphatic heterocycles. The van der Waals surface area contributed by atoms with Crippen LogP contribution in [0.4, 0.5) is 0 Å². The van der Waals surface area contributed by atoms with Crippen LogP contribution in [-0.4, -0.2) is 11.2 Å². The van der Waals surface area contributed by atoms with Crippen molar-refractivity contribution in [3.8, 4) is 0 Å². The molecule has 0 bridgehead atoms. The van der Waals surface area contributed by atoms with Gasteiger partial charge in [-0.15, -0.1) is 0 Å². The fraction of sp³-hybridized carbons (Fsp3) is 0.733. The summed E-state index contributed by atoms with van der Waals surface area (Å²) in [6.45, 7) is 8.75. The number of allylic oxidation sites excluding steroid dienone is 3. The van der Waals surface area contributed by atoms with Crippen molar-refractivity contribution >= 4 is 0 Å². The van der Waals surface area contributed by atoms with Gasteiger partial charge in [0.2, 0.25) is 0 Å². The topological polar surface area (TPSA) is 20.2 Å². The van der Waals surface area contributed by atoms with Crippen LogP contribution in [0, 0.1) is 11.8 Å². The van der Waals surface area contributed by atoms with Crippen LogP contribution in [0.2, 0.25) is 0 Å². The molecule has 1 heteroatoms. The highest BCUT2D eigenvalue weighted by molar-refractivity contribution is 5.08. The van der Waals surface area contributed by atoms with Gasteiger partial charge in [-0.3, -0.25) is 0 Å². The van der Waals surface area contributed by atoms with Gasteiger partial charge >= 0.3 is 0 Å². The average Bonchev–Trinajstić information content (AvgIpc) is 2.16. The number of aliphatic hydroxyl groups is 1. The van der Waals surface area contributed by atoms with E-state index in [2.05, 4.69) is 39.8 Å². The first-order chi connectivity index (χ1) is 7.50. The molecular formula is C15H26O. The van der Waals surface area contributed by atoms with E-state index in [-0.39, 0.29) is 6.10 Å². The SMILES string of the molecule is CC1=CCC(C(C)C)C(O)C=C(C)CCC1. The second-order valence-corrected chi connectivity index (χ2v) is 5.55. The van der Waals surface area contributed by atoms with Crippen molar-refractivity contribution < 1.29 is 5.11 Å². The van der Waals surface area contributed by atoms with Gasteiger partial charge in [0.15, 0.2) is 0 Å². The first-order valence-electron chi connectivity index (χ1n) is 6.51. The predicted octanol–water partition coefficient (Wildman–Crippen LogP) is 4.09. The number of rotatable bonds is 1. The molecule has 0 fully saturated rings. The summed E-state index contributed by atoms with van der Waals surface area (Å²) in [5, 5.41) is 10.2. The molecule has 0 heterocycles. The van der Waals surface area contributed by atoms with Gasteiger partial charge in [0.25, 0.3) is 0 Å². The van der Waals surface area contributed by atoms with Gasteiger partial charge in [0, 0.05) is 0 Å². The number of hydrogen-bond donors (Lipinski definition) is 1. The predicted molar refractivity (Wildman–Crippen MR) is 70.3 cm³/mol. The summed E-state index contributed by atoms with van der Waals surface area (Å²) in [4.78, 5) is 0. The summed E-state index contributed by atoms with van der Waals surface area (Å²) in [5.41, 5.74) is 2.82. The Morgan fingerprint density at radius 1 is 1.19 bits per heavy atom. The van der Waals surface area contributed by atoms with Gasteiger partial charge in [-0.25, -0.2) is 0 Å². The highest BCUT2D eigenvalue weighted by Crippen LogP contribution is 2.25. The van der Waals surface area contributed by atoms with E-state index in [0.29, 0.717) is 11.8 Å². The van der Waals surface area contributed by atoms with Crippen LogP contribution in [-0.2, 0) is 0 Å². The molecule has 0 aromatic heterocycles. The van der Waals surface area contributed by atoms with Gasteiger partial charge in [-0.1, -0.05) is 37.1 Å². The van der Waals surface area contributed by atoms with E-state index in [4.69, 9.17) is 0 Å². The van der Waals surface area contributed by atoms with Crippen LogP contribution >= 0.6 is 0 Å². The van der Waals surface area contributed by atoms with E-state index in [9.17, 15) is 5.11 Å². The van der Waals surface area contributed by atoms with Crippen molar-refractivity contribution in [3.05, 3.63) is 23.3 Å². The summed E-state index contributed by atoms with van der Waals surface area (Å²) in [5.74, 6) is 0.894. The van der Waals surface area contributed by atoms with E-state index in [1.807, 2.05) is 0 Å². The quantitative estimate of drug-likeness (QED) is 0.663. The fourth-order valence-electron chi connectivity index (χ4n) is 2.39. The van der Waals surface area contributed by atoms with Crippen LogP contribution in [0.3, 0.4) is 0 Å². The van der Waals surface area contributed by atoms with E-state index >= 15 is 0 Å². The van der Waals surface area contributed by atoms with Gasteiger partial charge in [-0.2, -0.15) is 0 Å². The van der Waals surface area contributed by atoms with E-state index in [1.54, 1.807) is 0 Å². The third-order valence-electron chi connectivity index (χ3n) is 3.63. The zero-order valence-electron chi connectivity index (χ0n) is 11.2. The molecule has 0 saturated carbocycles. The smallest absolute Gasteiger partial charge is 0.0756 e. The largest absolute Gasteiger partial charge is 0.389 e. The molecule has 1 nitrogen and oxygen atoms in total. The molecule has 16 heavy (non-hydrogen) atoms. The summed E-state index contributed by atoms with van der Waals surface area (Å²) in [6, 6.07) is 0. The van der Waals surface area contributed by atoms with Crippen LogP contribution in [0.1, 0.15) is 53.4 Å². The van der Waals surface area contributed by atoms with E-state index in [0.717, 1.165) is 12.8 Å².